The Morgan fingerprint density at radius 3 is 2.41 bits per heavy atom. The fourth-order valence-corrected chi connectivity index (χ4v) is 4.05. The van der Waals surface area contributed by atoms with Gasteiger partial charge in [-0.2, -0.15) is 0 Å². The van der Waals surface area contributed by atoms with Crippen LogP contribution in [0.1, 0.15) is 62.8 Å². The van der Waals surface area contributed by atoms with Gasteiger partial charge in [0.05, 0.1) is 20.3 Å². The Kier molecular flexibility index (Phi) is 6.51. The minimum atomic E-state index is 0.0756. The van der Waals surface area contributed by atoms with Gasteiger partial charge in [0.15, 0.2) is 0 Å². The van der Waals surface area contributed by atoms with E-state index in [9.17, 15) is 4.79 Å². The van der Waals surface area contributed by atoms with Gasteiger partial charge in [-0.1, -0.05) is 45.0 Å². The molecule has 0 aliphatic carbocycles. The van der Waals surface area contributed by atoms with Crippen LogP contribution in [0, 0.1) is 0 Å². The molecule has 1 unspecified atom stereocenters. The van der Waals surface area contributed by atoms with Crippen molar-refractivity contribution in [2.45, 2.75) is 57.9 Å². The number of likely N-dealkylation sites (tertiary alicyclic amines) is 1. The maximum Gasteiger partial charge on any atom is 0.223 e. The van der Waals surface area contributed by atoms with Crippen molar-refractivity contribution in [1.29, 1.82) is 0 Å². The lowest BCUT2D eigenvalue weighted by molar-refractivity contribution is -0.132. The molecule has 0 saturated carbocycles. The summed E-state index contributed by atoms with van der Waals surface area (Å²) in [6, 6.07) is 14.6. The van der Waals surface area contributed by atoms with E-state index in [0.717, 1.165) is 42.9 Å². The second-order valence-corrected chi connectivity index (χ2v) is 8.80. The predicted octanol–water partition coefficient (Wildman–Crippen LogP) is 5.30. The van der Waals surface area contributed by atoms with Crippen molar-refractivity contribution in [3.63, 3.8) is 0 Å². The number of amides is 1. The number of carbonyl (C=O) groups is 1. The lowest BCUT2D eigenvalue weighted by atomic mass is 9.86. The number of aryl methyl sites for hydroxylation is 1. The fourth-order valence-electron chi connectivity index (χ4n) is 4.05. The lowest BCUT2D eigenvalue weighted by Crippen LogP contribution is -2.31. The highest BCUT2D eigenvalue weighted by Crippen LogP contribution is 2.39. The van der Waals surface area contributed by atoms with Crippen LogP contribution in [0.5, 0.6) is 11.5 Å². The fraction of sp³-hybridized carbons (Fsp3) is 0.480. The van der Waals surface area contributed by atoms with Gasteiger partial charge in [-0.25, -0.2) is 0 Å². The Bertz CT molecular complexity index is 836. The Morgan fingerprint density at radius 1 is 1.07 bits per heavy atom. The summed E-state index contributed by atoms with van der Waals surface area (Å²) in [6.07, 6.45) is 3.29. The molecular formula is C25H33NO3. The standard InChI is InChI=1S/C25H33NO3/c1-25(2,3)19-11-8-18(9-12-19)10-15-24(27)26-16-6-7-22(26)21-14-13-20(28-4)17-23(21)29-5/h8-9,11-14,17,22H,6-7,10,15-16H2,1-5H3. The number of methoxy groups -OCH3 is 2. The third-order valence-electron chi connectivity index (χ3n) is 5.82. The Labute approximate surface area is 174 Å². The number of hydrogen-bond acceptors (Lipinski definition) is 3. The van der Waals surface area contributed by atoms with Gasteiger partial charge in [-0.15, -0.1) is 0 Å². The number of hydrogen-bond donors (Lipinski definition) is 0. The molecule has 3 rings (SSSR count). The Morgan fingerprint density at radius 2 is 1.79 bits per heavy atom. The molecule has 0 bridgehead atoms. The molecule has 1 amide bonds. The van der Waals surface area contributed by atoms with Crippen LogP contribution in [-0.2, 0) is 16.6 Å². The topological polar surface area (TPSA) is 38.8 Å². The van der Waals surface area contributed by atoms with Crippen molar-refractivity contribution in [2.24, 2.45) is 0 Å². The molecule has 0 spiro atoms. The lowest BCUT2D eigenvalue weighted by Gasteiger charge is -2.27. The van der Waals surface area contributed by atoms with Crippen LogP contribution < -0.4 is 9.47 Å². The highest BCUT2D eigenvalue weighted by molar-refractivity contribution is 5.77. The summed E-state index contributed by atoms with van der Waals surface area (Å²) in [7, 11) is 3.31. The zero-order valence-electron chi connectivity index (χ0n) is 18.3. The van der Waals surface area contributed by atoms with E-state index < -0.39 is 0 Å². The summed E-state index contributed by atoms with van der Waals surface area (Å²) < 4.78 is 10.9. The second kappa shape index (κ2) is 8.89. The summed E-state index contributed by atoms with van der Waals surface area (Å²) in [5.74, 6) is 1.76. The number of nitrogens with zero attached hydrogens (tertiary/aromatic N) is 1. The van der Waals surface area contributed by atoms with Gasteiger partial charge in [0.2, 0.25) is 5.91 Å². The first-order valence-electron chi connectivity index (χ1n) is 10.4. The molecule has 0 radical (unpaired) electrons. The molecule has 156 valence electrons. The molecule has 0 aromatic heterocycles. The van der Waals surface area contributed by atoms with Crippen LogP contribution in [0.15, 0.2) is 42.5 Å². The molecule has 4 heteroatoms. The first kappa shape index (κ1) is 21.2. The predicted molar refractivity (Wildman–Crippen MR) is 117 cm³/mol. The monoisotopic (exact) mass is 395 g/mol. The van der Waals surface area contributed by atoms with Crippen molar-refractivity contribution in [2.75, 3.05) is 20.8 Å². The highest BCUT2D eigenvalue weighted by Gasteiger charge is 2.31. The van der Waals surface area contributed by atoms with Crippen LogP contribution in [0.25, 0.3) is 0 Å². The van der Waals surface area contributed by atoms with Crippen molar-refractivity contribution < 1.29 is 14.3 Å². The molecule has 1 fully saturated rings. The van der Waals surface area contributed by atoms with Gasteiger partial charge in [-0.3, -0.25) is 4.79 Å². The quantitative estimate of drug-likeness (QED) is 0.666. The molecular weight excluding hydrogens is 362 g/mol. The van der Waals surface area contributed by atoms with Crippen LogP contribution in [0.3, 0.4) is 0 Å². The first-order chi connectivity index (χ1) is 13.8. The van der Waals surface area contributed by atoms with Crippen molar-refractivity contribution in [1.82, 2.24) is 4.90 Å². The number of carbonyl (C=O) groups excluding carboxylic acids is 1. The normalized spacial score (nSPS) is 16.7. The number of ether oxygens (including phenoxy) is 2. The maximum absolute atomic E-state index is 13.0. The third kappa shape index (κ3) is 4.92. The van der Waals surface area contributed by atoms with Gasteiger partial charge in [0.25, 0.3) is 0 Å². The van der Waals surface area contributed by atoms with E-state index >= 15 is 0 Å². The summed E-state index contributed by atoms with van der Waals surface area (Å²) in [5, 5.41) is 0. The molecule has 0 N–H and O–H groups in total. The molecule has 4 nitrogen and oxygen atoms in total. The summed E-state index contributed by atoms with van der Waals surface area (Å²) >= 11 is 0. The van der Waals surface area contributed by atoms with E-state index in [2.05, 4.69) is 45.0 Å². The van der Waals surface area contributed by atoms with Gasteiger partial charge >= 0.3 is 0 Å². The summed E-state index contributed by atoms with van der Waals surface area (Å²) in [6.45, 7) is 7.45. The van der Waals surface area contributed by atoms with Crippen LogP contribution in [-0.4, -0.2) is 31.6 Å². The summed E-state index contributed by atoms with van der Waals surface area (Å²) in [4.78, 5) is 15.0. The van der Waals surface area contributed by atoms with Crippen LogP contribution in [0.4, 0.5) is 0 Å². The number of benzene rings is 2. The molecule has 2 aromatic carbocycles. The van der Waals surface area contributed by atoms with Gasteiger partial charge in [0, 0.05) is 24.6 Å². The van der Waals surface area contributed by atoms with E-state index in [-0.39, 0.29) is 17.4 Å². The molecule has 1 saturated heterocycles. The SMILES string of the molecule is COc1ccc(C2CCCN2C(=O)CCc2ccc(C(C)(C)C)cc2)c(OC)c1. The van der Waals surface area contributed by atoms with Crippen LogP contribution >= 0.6 is 0 Å². The molecule has 29 heavy (non-hydrogen) atoms. The van der Waals surface area contributed by atoms with Crippen molar-refractivity contribution in [3.05, 3.63) is 59.2 Å². The average molecular weight is 396 g/mol. The minimum absolute atomic E-state index is 0.0756. The Balaban J connectivity index is 1.67. The minimum Gasteiger partial charge on any atom is -0.497 e. The summed E-state index contributed by atoms with van der Waals surface area (Å²) in [5.41, 5.74) is 3.74. The Hall–Kier alpha value is -2.49. The zero-order chi connectivity index (χ0) is 21.0. The average Bonchev–Trinajstić information content (AvgIpc) is 3.20. The van der Waals surface area contributed by atoms with E-state index in [0.29, 0.717) is 6.42 Å². The van der Waals surface area contributed by atoms with E-state index in [1.807, 2.05) is 23.1 Å². The van der Waals surface area contributed by atoms with Crippen molar-refractivity contribution in [3.8, 4) is 11.5 Å². The molecule has 1 aliphatic rings. The second-order valence-electron chi connectivity index (χ2n) is 8.80. The van der Waals surface area contributed by atoms with Gasteiger partial charge < -0.3 is 14.4 Å². The molecule has 2 aromatic rings. The van der Waals surface area contributed by atoms with E-state index in [1.165, 1.54) is 11.1 Å². The number of rotatable bonds is 6. The van der Waals surface area contributed by atoms with Gasteiger partial charge in [-0.05, 0) is 47.9 Å². The smallest absolute Gasteiger partial charge is 0.223 e. The maximum atomic E-state index is 13.0. The largest absolute Gasteiger partial charge is 0.497 e. The zero-order valence-corrected chi connectivity index (χ0v) is 18.3. The molecule has 1 aliphatic heterocycles. The van der Waals surface area contributed by atoms with E-state index in [4.69, 9.17) is 9.47 Å². The third-order valence-corrected chi connectivity index (χ3v) is 5.82. The molecule has 1 heterocycles. The van der Waals surface area contributed by atoms with Crippen LogP contribution in [0.2, 0.25) is 0 Å². The van der Waals surface area contributed by atoms with Gasteiger partial charge in [0.1, 0.15) is 11.5 Å². The first-order valence-corrected chi connectivity index (χ1v) is 10.4. The highest BCUT2D eigenvalue weighted by atomic mass is 16.5. The van der Waals surface area contributed by atoms with E-state index in [1.54, 1.807) is 14.2 Å². The molecule has 1 atom stereocenters. The van der Waals surface area contributed by atoms with Crippen molar-refractivity contribution >= 4 is 5.91 Å².